The van der Waals surface area contributed by atoms with Crippen LogP contribution in [0.1, 0.15) is 50.2 Å². The fourth-order valence-electron chi connectivity index (χ4n) is 3.65. The summed E-state index contributed by atoms with van der Waals surface area (Å²) in [6, 6.07) is 5.90. The van der Waals surface area contributed by atoms with Crippen molar-refractivity contribution in [2.75, 3.05) is 0 Å². The van der Waals surface area contributed by atoms with E-state index in [0.29, 0.717) is 38.3 Å². The molecule has 0 unspecified atom stereocenters. The van der Waals surface area contributed by atoms with E-state index in [1.165, 1.54) is 18.2 Å². The summed E-state index contributed by atoms with van der Waals surface area (Å²) in [4.78, 5) is 30.5. The number of nitrogens with one attached hydrogen (secondary N) is 2. The standard InChI is InChI=1S/C21H17ClFN5O2S/c1-9-16-13(8-14(10-3-4-10)24-19(16)28(2)27-9)20(29)25-26-21(30)18-17(22)12-6-5-11(23)7-15(12)31-18/h5-8,10H,3-4H2,1-2H3,(H,25,29)(H,26,30). The molecular weight excluding hydrogens is 441 g/mol. The Balaban J connectivity index is 1.43. The lowest BCUT2D eigenvalue weighted by Crippen LogP contribution is -2.41. The van der Waals surface area contributed by atoms with Gasteiger partial charge in [-0.25, -0.2) is 9.37 Å². The Bertz CT molecular complexity index is 1390. The van der Waals surface area contributed by atoms with Crippen molar-refractivity contribution < 1.29 is 14.0 Å². The van der Waals surface area contributed by atoms with Crippen LogP contribution in [-0.2, 0) is 7.05 Å². The van der Waals surface area contributed by atoms with Crippen molar-refractivity contribution in [1.29, 1.82) is 0 Å². The van der Waals surface area contributed by atoms with Crippen LogP contribution in [0.5, 0.6) is 0 Å². The van der Waals surface area contributed by atoms with Gasteiger partial charge in [0.25, 0.3) is 11.8 Å². The van der Waals surface area contributed by atoms with Crippen molar-refractivity contribution in [2.45, 2.75) is 25.7 Å². The normalized spacial score (nSPS) is 13.7. The first kappa shape index (κ1) is 19.9. The van der Waals surface area contributed by atoms with Crippen LogP contribution in [0.2, 0.25) is 5.02 Å². The Morgan fingerprint density at radius 2 is 1.97 bits per heavy atom. The number of thiophene rings is 1. The SMILES string of the molecule is Cc1nn(C)c2nc(C3CC3)cc(C(=O)NNC(=O)c3sc4cc(F)ccc4c3Cl)c12. The largest absolute Gasteiger partial charge is 0.281 e. The van der Waals surface area contributed by atoms with Crippen molar-refractivity contribution >= 4 is 55.9 Å². The van der Waals surface area contributed by atoms with E-state index in [2.05, 4.69) is 20.9 Å². The number of nitrogens with zero attached hydrogens (tertiary/aromatic N) is 3. The highest BCUT2D eigenvalue weighted by molar-refractivity contribution is 7.21. The summed E-state index contributed by atoms with van der Waals surface area (Å²) < 4.78 is 15.7. The zero-order valence-electron chi connectivity index (χ0n) is 16.6. The maximum Gasteiger partial charge on any atom is 0.281 e. The van der Waals surface area contributed by atoms with Crippen LogP contribution in [0.25, 0.3) is 21.1 Å². The quantitative estimate of drug-likeness (QED) is 0.450. The van der Waals surface area contributed by atoms with Gasteiger partial charge >= 0.3 is 0 Å². The number of carbonyl (C=O) groups excluding carboxylic acids is 2. The van der Waals surface area contributed by atoms with Gasteiger partial charge in [0.1, 0.15) is 10.7 Å². The molecule has 0 bridgehead atoms. The van der Waals surface area contributed by atoms with Gasteiger partial charge in [-0.3, -0.25) is 25.1 Å². The molecule has 3 aromatic heterocycles. The predicted octanol–water partition coefficient (Wildman–Crippen LogP) is 4.24. The summed E-state index contributed by atoms with van der Waals surface area (Å²) >= 11 is 7.35. The summed E-state index contributed by atoms with van der Waals surface area (Å²) in [6.07, 6.45) is 2.08. The molecule has 2 amide bonds. The molecule has 7 nitrogen and oxygen atoms in total. The van der Waals surface area contributed by atoms with Crippen molar-refractivity contribution in [2.24, 2.45) is 7.05 Å². The first-order chi connectivity index (χ1) is 14.8. The molecule has 31 heavy (non-hydrogen) atoms. The highest BCUT2D eigenvalue weighted by Gasteiger charge is 2.28. The lowest BCUT2D eigenvalue weighted by Gasteiger charge is -2.09. The van der Waals surface area contributed by atoms with E-state index in [-0.39, 0.29) is 9.90 Å². The molecule has 0 radical (unpaired) electrons. The Hall–Kier alpha value is -3.04. The van der Waals surface area contributed by atoms with Gasteiger partial charge in [-0.05, 0) is 44.0 Å². The first-order valence-electron chi connectivity index (χ1n) is 9.66. The lowest BCUT2D eigenvalue weighted by atomic mass is 10.1. The molecule has 0 atom stereocenters. The molecule has 1 aliphatic carbocycles. The minimum atomic E-state index is -0.574. The maximum absolute atomic E-state index is 13.5. The summed E-state index contributed by atoms with van der Waals surface area (Å²) in [5.41, 5.74) is 7.45. The Kier molecular flexibility index (Phi) is 4.67. The molecule has 4 aromatic rings. The van der Waals surface area contributed by atoms with E-state index >= 15 is 0 Å². The second kappa shape index (κ2) is 7.28. The molecule has 1 aromatic carbocycles. The van der Waals surface area contributed by atoms with Crippen molar-refractivity contribution in [1.82, 2.24) is 25.6 Å². The molecule has 1 fully saturated rings. The highest BCUT2D eigenvalue weighted by atomic mass is 35.5. The number of benzene rings is 1. The number of halogens is 2. The number of aryl methyl sites for hydroxylation is 2. The van der Waals surface area contributed by atoms with Crippen molar-refractivity contribution in [3.05, 3.63) is 56.9 Å². The molecule has 2 N–H and O–H groups in total. The van der Waals surface area contributed by atoms with E-state index in [4.69, 9.17) is 11.6 Å². The van der Waals surface area contributed by atoms with E-state index in [9.17, 15) is 14.0 Å². The van der Waals surface area contributed by atoms with Gasteiger partial charge in [-0.15, -0.1) is 11.3 Å². The number of carbonyl (C=O) groups is 2. The second-order valence-corrected chi connectivity index (χ2v) is 9.00. The zero-order valence-corrected chi connectivity index (χ0v) is 18.2. The average molecular weight is 458 g/mol. The second-order valence-electron chi connectivity index (χ2n) is 7.57. The Morgan fingerprint density at radius 1 is 1.23 bits per heavy atom. The molecular formula is C21H17ClFN5O2S. The number of rotatable bonds is 3. The summed E-state index contributed by atoms with van der Waals surface area (Å²) in [5.74, 6) is -1.11. The van der Waals surface area contributed by atoms with Crippen LogP contribution in [0.3, 0.4) is 0 Å². The molecule has 10 heteroatoms. The van der Waals surface area contributed by atoms with Gasteiger partial charge in [0, 0.05) is 28.7 Å². The topological polar surface area (TPSA) is 88.9 Å². The molecule has 0 spiro atoms. The fourth-order valence-corrected chi connectivity index (χ4v) is 5.09. The van der Waals surface area contributed by atoms with Gasteiger partial charge in [-0.2, -0.15) is 5.10 Å². The fraction of sp³-hybridized carbons (Fsp3) is 0.238. The molecule has 1 saturated carbocycles. The van der Waals surface area contributed by atoms with Crippen LogP contribution in [0.4, 0.5) is 4.39 Å². The van der Waals surface area contributed by atoms with E-state index in [1.807, 2.05) is 6.92 Å². The van der Waals surface area contributed by atoms with E-state index < -0.39 is 17.6 Å². The number of amides is 2. The number of hydrogen-bond acceptors (Lipinski definition) is 5. The zero-order chi connectivity index (χ0) is 21.9. The molecule has 1 aliphatic rings. The number of pyridine rings is 1. The smallest absolute Gasteiger partial charge is 0.267 e. The molecule has 3 heterocycles. The number of hydrazine groups is 1. The Labute approximate surface area is 185 Å². The third-order valence-electron chi connectivity index (χ3n) is 5.32. The predicted molar refractivity (Wildman–Crippen MR) is 117 cm³/mol. The van der Waals surface area contributed by atoms with Crippen LogP contribution in [-0.4, -0.2) is 26.6 Å². The highest BCUT2D eigenvalue weighted by Crippen LogP contribution is 2.40. The van der Waals surface area contributed by atoms with E-state index in [0.717, 1.165) is 29.9 Å². The number of hydrogen-bond donors (Lipinski definition) is 2. The molecule has 158 valence electrons. The van der Waals surface area contributed by atoms with Gasteiger partial charge < -0.3 is 0 Å². The van der Waals surface area contributed by atoms with Gasteiger partial charge in [0.2, 0.25) is 0 Å². The average Bonchev–Trinajstić information content (AvgIpc) is 3.49. The molecule has 5 rings (SSSR count). The summed E-state index contributed by atoms with van der Waals surface area (Å²) in [7, 11) is 1.79. The molecule has 0 aliphatic heterocycles. The monoisotopic (exact) mass is 457 g/mol. The van der Waals surface area contributed by atoms with Crippen molar-refractivity contribution in [3.8, 4) is 0 Å². The van der Waals surface area contributed by atoms with Gasteiger partial charge in [0.15, 0.2) is 5.65 Å². The first-order valence-corrected chi connectivity index (χ1v) is 10.9. The minimum Gasteiger partial charge on any atom is -0.267 e. The Morgan fingerprint density at radius 3 is 2.71 bits per heavy atom. The number of fused-ring (bicyclic) bond motifs is 2. The third-order valence-corrected chi connectivity index (χ3v) is 6.97. The maximum atomic E-state index is 13.5. The van der Waals surface area contributed by atoms with Crippen LogP contribution in [0, 0.1) is 12.7 Å². The van der Waals surface area contributed by atoms with Crippen LogP contribution < -0.4 is 10.9 Å². The van der Waals surface area contributed by atoms with Crippen LogP contribution in [0.15, 0.2) is 24.3 Å². The van der Waals surface area contributed by atoms with Gasteiger partial charge in [-0.1, -0.05) is 11.6 Å². The third kappa shape index (κ3) is 3.43. The summed E-state index contributed by atoms with van der Waals surface area (Å²) in [5, 5.41) is 5.83. The summed E-state index contributed by atoms with van der Waals surface area (Å²) in [6.45, 7) is 1.81. The van der Waals surface area contributed by atoms with E-state index in [1.54, 1.807) is 17.8 Å². The minimum absolute atomic E-state index is 0.193. The molecule has 0 saturated heterocycles. The number of aromatic nitrogens is 3. The van der Waals surface area contributed by atoms with Crippen LogP contribution >= 0.6 is 22.9 Å². The lowest BCUT2D eigenvalue weighted by molar-refractivity contribution is 0.0850. The van der Waals surface area contributed by atoms with Gasteiger partial charge in [0.05, 0.1) is 21.7 Å². The van der Waals surface area contributed by atoms with Crippen molar-refractivity contribution in [3.63, 3.8) is 0 Å².